The Morgan fingerprint density at radius 2 is 0.778 bits per heavy atom. The fourth-order valence-electron chi connectivity index (χ4n) is 0. The summed E-state index contributed by atoms with van der Waals surface area (Å²) in [6.45, 7) is 0. The van der Waals surface area contributed by atoms with Crippen LogP contribution in [0.3, 0.4) is 0 Å². The van der Waals surface area contributed by atoms with E-state index in [4.69, 9.17) is 9.59 Å². The summed E-state index contributed by atoms with van der Waals surface area (Å²) in [6.07, 6.45) is 0. The van der Waals surface area contributed by atoms with E-state index in [0.717, 1.165) is 0 Å². The van der Waals surface area contributed by atoms with Gasteiger partial charge in [0.1, 0.15) is 0 Å². The van der Waals surface area contributed by atoms with E-state index in [1.807, 2.05) is 0 Å². The molecule has 0 fully saturated rings. The second kappa shape index (κ2) is 10.00. The summed E-state index contributed by atoms with van der Waals surface area (Å²) in [5, 5.41) is 0. The number of hydrogen-bond acceptors (Lipinski definition) is 2. The largest absolute Gasteiger partial charge is 0.352 e. The summed E-state index contributed by atoms with van der Waals surface area (Å²) in [7, 11) is 0. The third-order valence-corrected chi connectivity index (χ3v) is 0. The fraction of sp³-hybridized carbons (Fsp3) is 0. The zero-order chi connectivity index (χ0) is 7.15. The molecule has 7 heteroatoms. The number of primary amides is 4. The number of hydrogen-bond donors (Lipinski definition) is 4. The summed E-state index contributed by atoms with van der Waals surface area (Å²) in [5.74, 6) is 0. The molecule has 0 radical (unpaired) electrons. The maximum atomic E-state index is 9.00. The van der Waals surface area contributed by atoms with Gasteiger partial charge in [-0.25, -0.2) is 9.59 Å². The van der Waals surface area contributed by atoms with E-state index in [1.54, 1.807) is 0 Å². The van der Waals surface area contributed by atoms with Crippen molar-refractivity contribution in [2.24, 2.45) is 22.9 Å². The lowest BCUT2D eigenvalue weighted by molar-refractivity contribution is 0.255. The molecule has 0 bridgehead atoms. The highest BCUT2D eigenvalue weighted by atomic mass is 32.1. The molecule has 0 aliphatic rings. The molecule has 0 saturated heterocycles. The molecule has 0 unspecified atom stereocenters. The first kappa shape index (κ1) is 15.7. The molecule has 8 N–H and O–H groups in total. The van der Waals surface area contributed by atoms with E-state index in [-0.39, 0.29) is 13.5 Å². The Kier molecular flexibility index (Phi) is 17.4. The molecule has 0 aromatic carbocycles. The van der Waals surface area contributed by atoms with Crippen molar-refractivity contribution in [3.8, 4) is 0 Å². The molecular weight excluding hydrogens is 144 g/mol. The third kappa shape index (κ3) is 134. The van der Waals surface area contributed by atoms with Crippen LogP contribution in [0.4, 0.5) is 9.59 Å². The molecule has 0 atom stereocenters. The number of urea groups is 2. The lowest BCUT2D eigenvalue weighted by atomic mass is 11.2. The van der Waals surface area contributed by atoms with Crippen molar-refractivity contribution in [2.75, 3.05) is 0 Å². The zero-order valence-corrected chi connectivity index (χ0v) is 5.63. The van der Waals surface area contributed by atoms with Crippen LogP contribution in [0.5, 0.6) is 0 Å². The summed E-state index contributed by atoms with van der Waals surface area (Å²) in [6, 6.07) is -1.67. The Hall–Kier alpha value is -1.11. The van der Waals surface area contributed by atoms with Gasteiger partial charge in [-0.05, 0) is 0 Å². The molecule has 6 nitrogen and oxygen atoms in total. The van der Waals surface area contributed by atoms with Crippen molar-refractivity contribution < 1.29 is 9.59 Å². The van der Waals surface area contributed by atoms with E-state index in [0.29, 0.717) is 0 Å². The molecule has 0 saturated carbocycles. The molecule has 0 aliphatic heterocycles. The summed E-state index contributed by atoms with van der Waals surface area (Å²) in [4.78, 5) is 18.0. The number of carbonyl (C=O) groups excluding carboxylic acids is 2. The minimum absolute atomic E-state index is 0. The lowest BCUT2D eigenvalue weighted by Crippen LogP contribution is -2.18. The molecule has 0 heterocycles. The SMILES string of the molecule is NC(N)=O.NC(N)=O.S. The number of carbonyl (C=O) groups is 2. The zero-order valence-electron chi connectivity index (χ0n) is 4.63. The first-order chi connectivity index (χ1) is 3.46. The van der Waals surface area contributed by atoms with Gasteiger partial charge in [-0.1, -0.05) is 0 Å². The van der Waals surface area contributed by atoms with Gasteiger partial charge < -0.3 is 22.9 Å². The Balaban J connectivity index is -0.0000000720. The molecule has 0 spiro atoms. The van der Waals surface area contributed by atoms with Gasteiger partial charge in [-0.3, -0.25) is 0 Å². The number of amides is 4. The predicted octanol–water partition coefficient (Wildman–Crippen LogP) is -1.84. The van der Waals surface area contributed by atoms with Gasteiger partial charge in [-0.2, -0.15) is 13.5 Å². The standard InChI is InChI=1S/2CH4N2O.H2S/c2*2-1(3)4;/h2*(H4,2,3,4);1H2. The summed E-state index contributed by atoms with van der Waals surface area (Å²) >= 11 is 0. The van der Waals surface area contributed by atoms with E-state index in [9.17, 15) is 0 Å². The van der Waals surface area contributed by atoms with Crippen LogP contribution in [0.2, 0.25) is 0 Å². The van der Waals surface area contributed by atoms with Crippen LogP contribution < -0.4 is 22.9 Å². The molecule has 56 valence electrons. The Morgan fingerprint density at radius 1 is 0.778 bits per heavy atom. The van der Waals surface area contributed by atoms with E-state index in [2.05, 4.69) is 22.9 Å². The molecule has 9 heavy (non-hydrogen) atoms. The minimum atomic E-state index is -0.833. The lowest BCUT2D eigenvalue weighted by Gasteiger charge is -1.62. The topological polar surface area (TPSA) is 138 Å². The normalized spacial score (nSPS) is 5.33. The van der Waals surface area contributed by atoms with Crippen molar-refractivity contribution in [2.45, 2.75) is 0 Å². The van der Waals surface area contributed by atoms with Crippen LogP contribution in [0.1, 0.15) is 0 Å². The molecular formula is C2H10N4O2S. The highest BCUT2D eigenvalue weighted by molar-refractivity contribution is 7.59. The van der Waals surface area contributed by atoms with Crippen molar-refractivity contribution in [3.63, 3.8) is 0 Å². The van der Waals surface area contributed by atoms with Gasteiger partial charge in [0.2, 0.25) is 0 Å². The van der Waals surface area contributed by atoms with Gasteiger partial charge in [0.05, 0.1) is 0 Å². The second-order valence-corrected chi connectivity index (χ2v) is 0.805. The summed E-state index contributed by atoms with van der Waals surface area (Å²) < 4.78 is 0. The van der Waals surface area contributed by atoms with Crippen LogP contribution in [-0.4, -0.2) is 12.1 Å². The smallest absolute Gasteiger partial charge is 0.309 e. The van der Waals surface area contributed by atoms with Crippen molar-refractivity contribution in [1.29, 1.82) is 0 Å². The first-order valence-electron chi connectivity index (χ1n) is 1.56. The van der Waals surface area contributed by atoms with Crippen LogP contribution in [-0.2, 0) is 0 Å². The highest BCUT2D eigenvalue weighted by Gasteiger charge is 1.61. The van der Waals surface area contributed by atoms with Gasteiger partial charge >= 0.3 is 12.1 Å². The molecule has 4 amide bonds. The third-order valence-electron chi connectivity index (χ3n) is 0. The Labute approximate surface area is 59.0 Å². The first-order valence-corrected chi connectivity index (χ1v) is 1.56. The number of rotatable bonds is 0. The van der Waals surface area contributed by atoms with Gasteiger partial charge in [0.25, 0.3) is 0 Å². The number of nitrogens with two attached hydrogens (primary N) is 4. The average molecular weight is 154 g/mol. The van der Waals surface area contributed by atoms with Crippen molar-refractivity contribution >= 4 is 25.6 Å². The Morgan fingerprint density at radius 3 is 0.778 bits per heavy atom. The van der Waals surface area contributed by atoms with Crippen molar-refractivity contribution in [3.05, 3.63) is 0 Å². The van der Waals surface area contributed by atoms with E-state index in [1.165, 1.54) is 0 Å². The second-order valence-electron chi connectivity index (χ2n) is 0.805. The fourth-order valence-corrected chi connectivity index (χ4v) is 0. The van der Waals surface area contributed by atoms with Gasteiger partial charge in [0, 0.05) is 0 Å². The quantitative estimate of drug-likeness (QED) is 0.326. The van der Waals surface area contributed by atoms with E-state index < -0.39 is 12.1 Å². The van der Waals surface area contributed by atoms with Crippen molar-refractivity contribution in [1.82, 2.24) is 0 Å². The van der Waals surface area contributed by atoms with Crippen LogP contribution in [0.25, 0.3) is 0 Å². The van der Waals surface area contributed by atoms with Crippen LogP contribution >= 0.6 is 13.5 Å². The minimum Gasteiger partial charge on any atom is -0.352 e. The monoisotopic (exact) mass is 154 g/mol. The van der Waals surface area contributed by atoms with E-state index >= 15 is 0 Å². The predicted molar refractivity (Wildman–Crippen MR) is 37.9 cm³/mol. The Bertz CT molecular complexity index is 74.6. The molecule has 0 aromatic heterocycles. The van der Waals surface area contributed by atoms with Crippen LogP contribution in [0.15, 0.2) is 0 Å². The van der Waals surface area contributed by atoms with Gasteiger partial charge in [0.15, 0.2) is 0 Å². The molecule has 0 aliphatic carbocycles. The highest BCUT2D eigenvalue weighted by Crippen LogP contribution is 1.26. The van der Waals surface area contributed by atoms with Gasteiger partial charge in [-0.15, -0.1) is 0 Å². The van der Waals surface area contributed by atoms with Crippen LogP contribution in [0, 0.1) is 0 Å². The maximum Gasteiger partial charge on any atom is 0.309 e. The summed E-state index contributed by atoms with van der Waals surface area (Å²) in [5.41, 5.74) is 17.0. The molecule has 0 aromatic rings. The average Bonchev–Trinajstić information content (AvgIpc) is 1.25. The molecule has 0 rings (SSSR count). The maximum absolute atomic E-state index is 9.00.